The quantitative estimate of drug-likeness (QED) is 0.403. The van der Waals surface area contributed by atoms with Crippen LogP contribution in [0.3, 0.4) is 0 Å². The van der Waals surface area contributed by atoms with Gasteiger partial charge in [0.2, 0.25) is 0 Å². The molecule has 0 saturated carbocycles. The van der Waals surface area contributed by atoms with Gasteiger partial charge in [-0.15, -0.1) is 10.2 Å². The molecule has 0 aliphatic carbocycles. The number of nitrogens with zero attached hydrogens (tertiary/aromatic N) is 6. The second-order valence-corrected chi connectivity index (χ2v) is 7.14. The molecule has 5 rings (SSSR count). The number of rotatable bonds is 2. The number of benzene rings is 2. The molecule has 132 valence electrons. The van der Waals surface area contributed by atoms with E-state index in [9.17, 15) is 0 Å². The Bertz CT molecular complexity index is 1310. The zero-order valence-corrected chi connectivity index (χ0v) is 15.8. The van der Waals surface area contributed by atoms with Crippen molar-refractivity contribution in [3.8, 4) is 17.1 Å². The number of aromatic nitrogens is 6. The van der Waals surface area contributed by atoms with Crippen LogP contribution in [0.5, 0.6) is 0 Å². The van der Waals surface area contributed by atoms with Gasteiger partial charge in [-0.25, -0.2) is 9.67 Å². The Labute approximate surface area is 167 Å². The third-order valence-electron chi connectivity index (χ3n) is 4.22. The maximum absolute atomic E-state index is 6.32. The minimum absolute atomic E-state index is 0.494. The van der Waals surface area contributed by atoms with Crippen LogP contribution in [0.4, 0.5) is 0 Å². The summed E-state index contributed by atoms with van der Waals surface area (Å²) < 4.78 is 3.51. The first-order valence-electron chi connectivity index (χ1n) is 7.90. The van der Waals surface area contributed by atoms with E-state index in [1.54, 1.807) is 45.9 Å². The van der Waals surface area contributed by atoms with Crippen molar-refractivity contribution in [3.05, 3.63) is 70.1 Å². The Hall–Kier alpha value is -2.67. The normalized spacial score (nSPS) is 11.5. The maximum Gasteiger partial charge on any atom is 0.175 e. The van der Waals surface area contributed by atoms with E-state index < -0.39 is 0 Å². The predicted octanol–water partition coefficient (Wildman–Crippen LogP) is 5.09. The lowest BCUT2D eigenvalue weighted by Crippen LogP contribution is -1.99. The fourth-order valence-electron chi connectivity index (χ4n) is 2.95. The molecule has 9 heteroatoms. The van der Waals surface area contributed by atoms with Gasteiger partial charge in [-0.3, -0.25) is 4.40 Å². The minimum atomic E-state index is 0.494. The van der Waals surface area contributed by atoms with Crippen molar-refractivity contribution in [1.29, 1.82) is 0 Å². The lowest BCUT2D eigenvalue weighted by Gasteiger charge is -2.05. The average Bonchev–Trinajstić information content (AvgIpc) is 3.26. The van der Waals surface area contributed by atoms with Gasteiger partial charge in [0.1, 0.15) is 6.33 Å². The molecule has 0 atom stereocenters. The molecule has 0 saturated heterocycles. The van der Waals surface area contributed by atoms with E-state index in [1.165, 1.54) is 0 Å². The zero-order chi connectivity index (χ0) is 18.5. The first-order valence-corrected chi connectivity index (χ1v) is 9.04. The van der Waals surface area contributed by atoms with E-state index in [1.807, 2.05) is 18.2 Å². The van der Waals surface area contributed by atoms with Crippen LogP contribution < -0.4 is 0 Å². The number of hydrogen-bond donors (Lipinski definition) is 0. The van der Waals surface area contributed by atoms with Gasteiger partial charge in [0.05, 0.1) is 22.3 Å². The van der Waals surface area contributed by atoms with Crippen LogP contribution in [0.15, 0.2) is 55.0 Å². The Morgan fingerprint density at radius 2 is 1.59 bits per heavy atom. The minimum Gasteiger partial charge on any atom is -0.264 e. The molecule has 5 aromatic rings. The smallest absolute Gasteiger partial charge is 0.175 e. The monoisotopic (exact) mass is 414 g/mol. The van der Waals surface area contributed by atoms with Gasteiger partial charge in [0.15, 0.2) is 17.1 Å². The van der Waals surface area contributed by atoms with Crippen molar-refractivity contribution < 1.29 is 0 Å². The first-order chi connectivity index (χ1) is 13.1. The lowest BCUT2D eigenvalue weighted by atomic mass is 10.2. The summed E-state index contributed by atoms with van der Waals surface area (Å²) in [4.78, 5) is 4.56. The number of halogens is 3. The fraction of sp³-hybridized carbons (Fsp3) is 0. The molecule has 3 aromatic heterocycles. The molecule has 0 spiro atoms. The predicted molar refractivity (Wildman–Crippen MR) is 106 cm³/mol. The van der Waals surface area contributed by atoms with Crippen molar-refractivity contribution in [2.75, 3.05) is 0 Å². The molecule has 6 nitrogen and oxygen atoms in total. The standard InChI is InChI=1S/C18H9Cl3N6/c19-10-1-4-12(5-2-10)27-16-14(8-23-27)18-25-24-17(26(18)9-22-16)13-6-3-11(20)7-15(13)21/h1-9H. The lowest BCUT2D eigenvalue weighted by molar-refractivity contribution is 0.893. The highest BCUT2D eigenvalue weighted by Crippen LogP contribution is 2.30. The molecular weight excluding hydrogens is 407 g/mol. The molecule has 3 heterocycles. The summed E-state index contributed by atoms with van der Waals surface area (Å²) in [6, 6.07) is 12.6. The van der Waals surface area contributed by atoms with Gasteiger partial charge < -0.3 is 0 Å². The van der Waals surface area contributed by atoms with Crippen molar-refractivity contribution in [2.45, 2.75) is 0 Å². The summed E-state index contributed by atoms with van der Waals surface area (Å²) >= 11 is 18.3. The van der Waals surface area contributed by atoms with Crippen LogP contribution in [0.25, 0.3) is 33.8 Å². The third kappa shape index (κ3) is 2.65. The van der Waals surface area contributed by atoms with Crippen LogP contribution in [-0.2, 0) is 0 Å². The highest BCUT2D eigenvalue weighted by Gasteiger charge is 2.17. The molecule has 0 N–H and O–H groups in total. The van der Waals surface area contributed by atoms with Gasteiger partial charge >= 0.3 is 0 Å². The number of fused-ring (bicyclic) bond motifs is 3. The van der Waals surface area contributed by atoms with E-state index in [-0.39, 0.29) is 0 Å². The summed E-state index contributed by atoms with van der Waals surface area (Å²) in [6.07, 6.45) is 3.38. The van der Waals surface area contributed by atoms with Gasteiger partial charge in [-0.1, -0.05) is 34.8 Å². The van der Waals surface area contributed by atoms with Gasteiger partial charge in [0.25, 0.3) is 0 Å². The number of hydrogen-bond acceptors (Lipinski definition) is 4. The zero-order valence-electron chi connectivity index (χ0n) is 13.5. The maximum atomic E-state index is 6.32. The van der Waals surface area contributed by atoms with Crippen molar-refractivity contribution >= 4 is 51.5 Å². The average molecular weight is 416 g/mol. The second kappa shape index (κ2) is 6.20. The summed E-state index contributed by atoms with van der Waals surface area (Å²) in [5.41, 5.74) is 2.89. The van der Waals surface area contributed by atoms with Crippen LogP contribution in [-0.4, -0.2) is 29.4 Å². The molecule has 0 aliphatic rings. The second-order valence-electron chi connectivity index (χ2n) is 5.86. The van der Waals surface area contributed by atoms with E-state index in [2.05, 4.69) is 20.3 Å². The Morgan fingerprint density at radius 1 is 0.815 bits per heavy atom. The molecule has 0 aliphatic heterocycles. The molecule has 0 bridgehead atoms. The van der Waals surface area contributed by atoms with Crippen LogP contribution >= 0.6 is 34.8 Å². The van der Waals surface area contributed by atoms with E-state index in [0.717, 1.165) is 16.6 Å². The molecule has 0 unspecified atom stereocenters. The first kappa shape index (κ1) is 16.5. The summed E-state index contributed by atoms with van der Waals surface area (Å²) in [7, 11) is 0. The van der Waals surface area contributed by atoms with E-state index >= 15 is 0 Å². The van der Waals surface area contributed by atoms with E-state index in [0.29, 0.717) is 32.2 Å². The molecule has 0 amide bonds. The fourth-order valence-corrected chi connectivity index (χ4v) is 3.57. The van der Waals surface area contributed by atoms with Crippen LogP contribution in [0, 0.1) is 0 Å². The van der Waals surface area contributed by atoms with Gasteiger partial charge in [-0.05, 0) is 42.5 Å². The van der Waals surface area contributed by atoms with Gasteiger partial charge in [-0.2, -0.15) is 5.10 Å². The summed E-state index contributed by atoms with van der Waals surface area (Å²) in [5.74, 6) is 0.584. The molecule has 27 heavy (non-hydrogen) atoms. The van der Waals surface area contributed by atoms with Crippen molar-refractivity contribution in [2.24, 2.45) is 0 Å². The summed E-state index contributed by atoms with van der Waals surface area (Å²) in [5, 5.41) is 15.5. The molecule has 0 radical (unpaired) electrons. The highest BCUT2D eigenvalue weighted by molar-refractivity contribution is 6.36. The highest BCUT2D eigenvalue weighted by atomic mass is 35.5. The SMILES string of the molecule is Clc1ccc(-n2ncc3c2ncn2c(-c4ccc(Cl)cc4Cl)nnc32)cc1. The van der Waals surface area contributed by atoms with Crippen LogP contribution in [0.1, 0.15) is 0 Å². The Balaban J connectivity index is 1.71. The summed E-state index contributed by atoms with van der Waals surface area (Å²) in [6.45, 7) is 0. The van der Waals surface area contributed by atoms with Crippen LogP contribution in [0.2, 0.25) is 15.1 Å². The van der Waals surface area contributed by atoms with E-state index in [4.69, 9.17) is 34.8 Å². The molecule has 0 fully saturated rings. The topological polar surface area (TPSA) is 60.9 Å². The Morgan fingerprint density at radius 3 is 2.37 bits per heavy atom. The van der Waals surface area contributed by atoms with Crippen molar-refractivity contribution in [3.63, 3.8) is 0 Å². The van der Waals surface area contributed by atoms with Gasteiger partial charge in [0, 0.05) is 15.6 Å². The Kier molecular flexibility index (Phi) is 3.79. The third-order valence-corrected chi connectivity index (χ3v) is 5.02. The molecular formula is C18H9Cl3N6. The van der Waals surface area contributed by atoms with Crippen molar-refractivity contribution in [1.82, 2.24) is 29.4 Å². The molecule has 2 aromatic carbocycles. The largest absolute Gasteiger partial charge is 0.264 e.